The van der Waals surface area contributed by atoms with Gasteiger partial charge < -0.3 is 10.1 Å². The Hall–Kier alpha value is -2.16. The summed E-state index contributed by atoms with van der Waals surface area (Å²) in [4.78, 5) is 32.7. The van der Waals surface area contributed by atoms with Crippen molar-refractivity contribution >= 4 is 39.2 Å². The highest BCUT2D eigenvalue weighted by molar-refractivity contribution is 7.99. The van der Waals surface area contributed by atoms with Crippen LogP contribution in [0.4, 0.5) is 0 Å². The number of thiophene rings is 1. The maximum atomic E-state index is 13.6. The van der Waals surface area contributed by atoms with Gasteiger partial charge in [-0.25, -0.2) is 4.98 Å². The number of aromatic nitrogens is 2. The molecule has 0 spiro atoms. The minimum Gasteiger partial charge on any atom is -0.376 e. The zero-order valence-corrected chi connectivity index (χ0v) is 19.9. The van der Waals surface area contributed by atoms with E-state index in [1.807, 2.05) is 45.9 Å². The monoisotopic (exact) mass is 457 g/mol. The molecule has 8 heteroatoms. The van der Waals surface area contributed by atoms with Crippen molar-refractivity contribution in [3.05, 3.63) is 50.1 Å². The molecule has 1 N–H and O–H groups in total. The summed E-state index contributed by atoms with van der Waals surface area (Å²) in [7, 11) is 0. The molecule has 164 valence electrons. The Kier molecular flexibility index (Phi) is 6.50. The fraction of sp³-hybridized carbons (Fsp3) is 0.435. The molecule has 1 aromatic carbocycles. The molecule has 0 aliphatic carbocycles. The Morgan fingerprint density at radius 2 is 2.10 bits per heavy atom. The number of ether oxygens (including phenoxy) is 1. The van der Waals surface area contributed by atoms with E-state index in [0.29, 0.717) is 17.1 Å². The van der Waals surface area contributed by atoms with E-state index < -0.39 is 0 Å². The number of carbonyl (C=O) groups excluding carboxylic acids is 1. The molecule has 4 rings (SSSR count). The largest absolute Gasteiger partial charge is 0.376 e. The van der Waals surface area contributed by atoms with E-state index in [9.17, 15) is 9.59 Å². The SMILES string of the molecule is Cc1cccc(-n2c(SCC(=O)NCC3CCCO3)nc3sc(C)c(C)c3c2=O)c1C. The molecule has 1 aliphatic rings. The normalized spacial score (nSPS) is 16.2. The number of fused-ring (bicyclic) bond motifs is 1. The van der Waals surface area contributed by atoms with Crippen LogP contribution >= 0.6 is 23.1 Å². The second-order valence-corrected chi connectivity index (χ2v) is 10.1. The first kappa shape index (κ1) is 22.0. The number of nitrogens with zero attached hydrogens (tertiary/aromatic N) is 2. The van der Waals surface area contributed by atoms with Crippen molar-refractivity contribution in [3.63, 3.8) is 0 Å². The van der Waals surface area contributed by atoms with Crippen LogP contribution in [0.3, 0.4) is 0 Å². The van der Waals surface area contributed by atoms with Crippen molar-refractivity contribution in [2.45, 2.75) is 51.8 Å². The molecule has 0 saturated carbocycles. The molecule has 0 radical (unpaired) electrons. The Labute approximate surface area is 190 Å². The summed E-state index contributed by atoms with van der Waals surface area (Å²) in [5.74, 6) is 0.111. The van der Waals surface area contributed by atoms with Gasteiger partial charge in [0.1, 0.15) is 4.83 Å². The number of nitrogens with one attached hydrogen (secondary N) is 1. The predicted octanol–water partition coefficient (Wildman–Crippen LogP) is 4.07. The van der Waals surface area contributed by atoms with E-state index in [4.69, 9.17) is 9.72 Å². The summed E-state index contributed by atoms with van der Waals surface area (Å²) in [6, 6.07) is 5.91. The van der Waals surface area contributed by atoms with Gasteiger partial charge in [-0.1, -0.05) is 23.9 Å². The molecule has 6 nitrogen and oxygen atoms in total. The highest BCUT2D eigenvalue weighted by Gasteiger charge is 2.21. The van der Waals surface area contributed by atoms with Crippen LogP contribution < -0.4 is 10.9 Å². The van der Waals surface area contributed by atoms with Gasteiger partial charge in [-0.15, -0.1) is 11.3 Å². The summed E-state index contributed by atoms with van der Waals surface area (Å²) in [5.41, 5.74) is 3.84. The van der Waals surface area contributed by atoms with Crippen LogP contribution in [-0.2, 0) is 9.53 Å². The summed E-state index contributed by atoms with van der Waals surface area (Å²) < 4.78 is 7.24. The predicted molar refractivity (Wildman–Crippen MR) is 127 cm³/mol. The molecule has 2 aromatic heterocycles. The van der Waals surface area contributed by atoms with E-state index in [1.54, 1.807) is 4.57 Å². The van der Waals surface area contributed by atoms with Gasteiger partial charge in [0.15, 0.2) is 5.16 Å². The van der Waals surface area contributed by atoms with Gasteiger partial charge in [0.05, 0.1) is 22.9 Å². The maximum absolute atomic E-state index is 13.6. The molecule has 3 heterocycles. The highest BCUT2D eigenvalue weighted by atomic mass is 32.2. The molecule has 1 atom stereocenters. The summed E-state index contributed by atoms with van der Waals surface area (Å²) in [5, 5.41) is 4.15. The molecule has 1 saturated heterocycles. The van der Waals surface area contributed by atoms with Crippen molar-refractivity contribution in [2.24, 2.45) is 0 Å². The summed E-state index contributed by atoms with van der Waals surface area (Å²) >= 11 is 2.82. The average Bonchev–Trinajstić information content (AvgIpc) is 3.36. The van der Waals surface area contributed by atoms with Gasteiger partial charge in [-0.2, -0.15) is 0 Å². The number of hydrogen-bond donors (Lipinski definition) is 1. The molecule has 1 fully saturated rings. The van der Waals surface area contributed by atoms with Gasteiger partial charge in [0, 0.05) is 18.0 Å². The Balaban J connectivity index is 1.68. The van der Waals surface area contributed by atoms with Gasteiger partial charge in [0.25, 0.3) is 5.56 Å². The average molecular weight is 458 g/mol. The van der Waals surface area contributed by atoms with Crippen molar-refractivity contribution in [2.75, 3.05) is 18.9 Å². The zero-order valence-electron chi connectivity index (χ0n) is 18.3. The number of thioether (sulfide) groups is 1. The molecule has 1 aliphatic heterocycles. The first-order chi connectivity index (χ1) is 14.9. The first-order valence-corrected chi connectivity index (χ1v) is 12.3. The second kappa shape index (κ2) is 9.14. The molecule has 3 aromatic rings. The minimum atomic E-state index is -0.0825. The fourth-order valence-corrected chi connectivity index (χ4v) is 5.68. The molecular formula is C23H27N3O3S2. The molecule has 0 bridgehead atoms. The number of rotatable bonds is 6. The van der Waals surface area contributed by atoms with Crippen LogP contribution in [0.25, 0.3) is 15.9 Å². The third kappa shape index (κ3) is 4.42. The quantitative estimate of drug-likeness (QED) is 0.446. The molecular weight excluding hydrogens is 430 g/mol. The second-order valence-electron chi connectivity index (χ2n) is 7.95. The van der Waals surface area contributed by atoms with Gasteiger partial charge in [0.2, 0.25) is 5.91 Å². The van der Waals surface area contributed by atoms with Gasteiger partial charge in [-0.3, -0.25) is 14.2 Å². The van der Waals surface area contributed by atoms with Gasteiger partial charge in [-0.05, 0) is 63.3 Å². The lowest BCUT2D eigenvalue weighted by Crippen LogP contribution is -2.33. The smallest absolute Gasteiger partial charge is 0.267 e. The van der Waals surface area contributed by atoms with E-state index in [-0.39, 0.29) is 23.3 Å². The van der Waals surface area contributed by atoms with Crippen LogP contribution in [0.5, 0.6) is 0 Å². The lowest BCUT2D eigenvalue weighted by atomic mass is 10.1. The van der Waals surface area contributed by atoms with E-state index in [1.165, 1.54) is 23.1 Å². The van der Waals surface area contributed by atoms with E-state index in [0.717, 1.165) is 51.5 Å². The lowest BCUT2D eigenvalue weighted by molar-refractivity contribution is -0.119. The fourth-order valence-electron chi connectivity index (χ4n) is 3.78. The molecule has 31 heavy (non-hydrogen) atoms. The third-order valence-electron chi connectivity index (χ3n) is 5.87. The Bertz CT molecular complexity index is 1190. The number of aryl methyl sites for hydroxylation is 3. The third-order valence-corrected chi connectivity index (χ3v) is 7.91. The first-order valence-electron chi connectivity index (χ1n) is 10.5. The number of hydrogen-bond acceptors (Lipinski definition) is 6. The number of benzene rings is 1. The maximum Gasteiger partial charge on any atom is 0.267 e. The summed E-state index contributed by atoms with van der Waals surface area (Å²) in [6.45, 7) is 9.31. The standard InChI is InChI=1S/C23H27N3O3S2/c1-13-7-5-9-18(14(13)2)26-22(28)20-15(3)16(4)31-21(20)25-23(26)30-12-19(27)24-11-17-8-6-10-29-17/h5,7,9,17H,6,8,10-12H2,1-4H3,(H,24,27). The number of amides is 1. The van der Waals surface area contributed by atoms with Crippen LogP contribution in [0.2, 0.25) is 0 Å². The summed E-state index contributed by atoms with van der Waals surface area (Å²) in [6.07, 6.45) is 2.13. The molecule has 1 unspecified atom stereocenters. The Morgan fingerprint density at radius 3 is 2.84 bits per heavy atom. The lowest BCUT2D eigenvalue weighted by Gasteiger charge is -2.16. The number of carbonyl (C=O) groups is 1. The van der Waals surface area contributed by atoms with Crippen molar-refractivity contribution < 1.29 is 9.53 Å². The van der Waals surface area contributed by atoms with Crippen LogP contribution in [0.15, 0.2) is 28.2 Å². The molecule has 1 amide bonds. The van der Waals surface area contributed by atoms with Crippen LogP contribution in [-0.4, -0.2) is 40.5 Å². The zero-order chi connectivity index (χ0) is 22.1. The minimum absolute atomic E-state index is 0.0807. The highest BCUT2D eigenvalue weighted by Crippen LogP contribution is 2.30. The van der Waals surface area contributed by atoms with Crippen molar-refractivity contribution in [3.8, 4) is 5.69 Å². The Morgan fingerprint density at radius 1 is 1.29 bits per heavy atom. The van der Waals surface area contributed by atoms with Crippen molar-refractivity contribution in [1.82, 2.24) is 14.9 Å². The van der Waals surface area contributed by atoms with Crippen LogP contribution in [0.1, 0.15) is 34.4 Å². The van der Waals surface area contributed by atoms with E-state index >= 15 is 0 Å². The topological polar surface area (TPSA) is 73.2 Å². The van der Waals surface area contributed by atoms with Gasteiger partial charge >= 0.3 is 0 Å². The van der Waals surface area contributed by atoms with E-state index in [2.05, 4.69) is 5.32 Å². The van der Waals surface area contributed by atoms with Crippen LogP contribution in [0, 0.1) is 27.7 Å². The van der Waals surface area contributed by atoms with Crippen molar-refractivity contribution in [1.29, 1.82) is 0 Å².